The predicted molar refractivity (Wildman–Crippen MR) is 139 cm³/mol. The number of aliphatic hydroxyl groups is 2. The second kappa shape index (κ2) is 7.68. The van der Waals surface area contributed by atoms with Gasteiger partial charge in [-0.15, -0.1) is 0 Å². The van der Waals surface area contributed by atoms with E-state index in [-0.39, 0.29) is 51.2 Å². The Kier molecular flexibility index (Phi) is 5.64. The Balaban J connectivity index is 1.66. The fourth-order valence-corrected chi connectivity index (χ4v) is 10.8. The topological polar surface area (TPSA) is 83.8 Å². The molecule has 5 heteroatoms. The van der Waals surface area contributed by atoms with Crippen LogP contribution in [-0.4, -0.2) is 41.3 Å². The zero-order valence-electron chi connectivity index (χ0n) is 23.7. The van der Waals surface area contributed by atoms with Crippen LogP contribution in [-0.2, 0) is 14.3 Å². The van der Waals surface area contributed by atoms with Crippen molar-refractivity contribution in [3.05, 3.63) is 11.6 Å². The minimum Gasteiger partial charge on any atom is -0.469 e. The van der Waals surface area contributed by atoms with Crippen molar-refractivity contribution in [1.82, 2.24) is 0 Å². The van der Waals surface area contributed by atoms with Crippen molar-refractivity contribution < 1.29 is 24.5 Å². The number of rotatable bonds is 1. The molecule has 5 aliphatic carbocycles. The molecule has 202 valence electrons. The quantitative estimate of drug-likeness (QED) is 0.466. The SMILES string of the molecule is COC(=O)C12CCC(C)(C)CC1C1=CC(=O)C3C4(C)CC(O)C(O)C(C)(C)C4CCC3(C)C1(C)CC2. The average molecular weight is 501 g/mol. The first-order valence-corrected chi connectivity index (χ1v) is 14.2. The Hall–Kier alpha value is -1.20. The lowest BCUT2D eigenvalue weighted by molar-refractivity contribution is -0.227. The third-order valence-electron chi connectivity index (χ3n) is 12.9. The molecule has 0 spiro atoms. The molecule has 0 heterocycles. The summed E-state index contributed by atoms with van der Waals surface area (Å²) in [5.41, 5.74) is -0.541. The number of methoxy groups -OCH3 is 1. The third kappa shape index (κ3) is 3.08. The summed E-state index contributed by atoms with van der Waals surface area (Å²) in [4.78, 5) is 27.7. The number of esters is 1. The molecule has 0 bridgehead atoms. The summed E-state index contributed by atoms with van der Waals surface area (Å²) in [6.45, 7) is 15.6. The number of hydrogen-bond donors (Lipinski definition) is 2. The number of aliphatic hydroxyl groups excluding tert-OH is 2. The van der Waals surface area contributed by atoms with Crippen LogP contribution < -0.4 is 0 Å². The second-order valence-corrected chi connectivity index (χ2v) is 15.4. The molecular formula is C31H48O5. The minimum atomic E-state index is -0.827. The fourth-order valence-electron chi connectivity index (χ4n) is 10.8. The van der Waals surface area contributed by atoms with Crippen LogP contribution in [0.4, 0.5) is 0 Å². The van der Waals surface area contributed by atoms with E-state index < -0.39 is 23.0 Å². The minimum absolute atomic E-state index is 0.0231. The highest BCUT2D eigenvalue weighted by Crippen LogP contribution is 2.75. The van der Waals surface area contributed by atoms with Gasteiger partial charge in [0.05, 0.1) is 24.7 Å². The van der Waals surface area contributed by atoms with E-state index in [1.54, 1.807) is 0 Å². The second-order valence-electron chi connectivity index (χ2n) is 15.4. The first-order chi connectivity index (χ1) is 16.5. The van der Waals surface area contributed by atoms with Crippen LogP contribution in [0.2, 0.25) is 0 Å². The predicted octanol–water partition coefficient (Wildman–Crippen LogP) is 5.47. The van der Waals surface area contributed by atoms with Gasteiger partial charge in [-0.3, -0.25) is 9.59 Å². The number of fused-ring (bicyclic) bond motifs is 7. The van der Waals surface area contributed by atoms with Crippen molar-refractivity contribution in [3.63, 3.8) is 0 Å². The van der Waals surface area contributed by atoms with Crippen LogP contribution in [0, 0.1) is 50.2 Å². The van der Waals surface area contributed by atoms with E-state index in [0.29, 0.717) is 6.42 Å². The standard InChI is InChI=1S/C31H48O5/c1-26(2)11-13-31(25(35)36-8)14-12-29(6)18(19(31)16-26)15-20(32)23-28(5)17-21(33)24(34)27(3,4)22(28)9-10-30(23,29)7/h15,19,21-24,33-34H,9-14,16-17H2,1-8H3. The van der Waals surface area contributed by atoms with Gasteiger partial charge in [-0.25, -0.2) is 0 Å². The van der Waals surface area contributed by atoms with Gasteiger partial charge < -0.3 is 14.9 Å². The Labute approximate surface area is 217 Å². The van der Waals surface area contributed by atoms with Gasteiger partial charge in [0.25, 0.3) is 0 Å². The molecule has 9 unspecified atom stereocenters. The van der Waals surface area contributed by atoms with Gasteiger partial charge in [0, 0.05) is 5.92 Å². The van der Waals surface area contributed by atoms with E-state index in [1.165, 1.54) is 12.7 Å². The summed E-state index contributed by atoms with van der Waals surface area (Å²) < 4.78 is 5.42. The van der Waals surface area contributed by atoms with Gasteiger partial charge in [-0.2, -0.15) is 0 Å². The summed E-state index contributed by atoms with van der Waals surface area (Å²) in [5.74, 6) is 0.0412. The van der Waals surface area contributed by atoms with Gasteiger partial charge in [0.1, 0.15) is 0 Å². The van der Waals surface area contributed by atoms with Gasteiger partial charge >= 0.3 is 5.97 Å². The zero-order valence-corrected chi connectivity index (χ0v) is 23.7. The van der Waals surface area contributed by atoms with Crippen molar-refractivity contribution in [2.45, 2.75) is 112 Å². The van der Waals surface area contributed by atoms with E-state index in [9.17, 15) is 19.8 Å². The Bertz CT molecular complexity index is 1010. The number of hydrogen-bond acceptors (Lipinski definition) is 5. The van der Waals surface area contributed by atoms with Crippen LogP contribution >= 0.6 is 0 Å². The molecule has 0 amide bonds. The van der Waals surface area contributed by atoms with Crippen LogP contribution in [0.3, 0.4) is 0 Å². The van der Waals surface area contributed by atoms with E-state index in [0.717, 1.165) is 44.9 Å². The van der Waals surface area contributed by atoms with E-state index in [2.05, 4.69) is 48.5 Å². The maximum absolute atomic E-state index is 14.3. The Morgan fingerprint density at radius 2 is 1.58 bits per heavy atom. The van der Waals surface area contributed by atoms with Crippen LogP contribution in [0.1, 0.15) is 99.8 Å². The molecule has 5 aliphatic rings. The van der Waals surface area contributed by atoms with Crippen LogP contribution in [0.25, 0.3) is 0 Å². The molecule has 0 aromatic rings. The largest absolute Gasteiger partial charge is 0.469 e. The first-order valence-electron chi connectivity index (χ1n) is 14.2. The number of ether oxygens (including phenoxy) is 1. The molecule has 0 aliphatic heterocycles. The van der Waals surface area contributed by atoms with Crippen LogP contribution in [0.5, 0.6) is 0 Å². The molecule has 5 rings (SSSR count). The van der Waals surface area contributed by atoms with Gasteiger partial charge in [-0.05, 0) is 96.4 Å². The maximum Gasteiger partial charge on any atom is 0.312 e. The highest BCUT2D eigenvalue weighted by atomic mass is 16.5. The number of allylic oxidation sites excluding steroid dienone is 2. The Morgan fingerprint density at radius 1 is 0.944 bits per heavy atom. The highest BCUT2D eigenvalue weighted by molar-refractivity contribution is 5.96. The molecule has 0 saturated heterocycles. The fraction of sp³-hybridized carbons (Fsp3) is 0.871. The van der Waals surface area contributed by atoms with E-state index in [1.807, 2.05) is 6.08 Å². The molecule has 4 saturated carbocycles. The summed E-state index contributed by atoms with van der Waals surface area (Å²) in [5, 5.41) is 21.9. The molecular weight excluding hydrogens is 452 g/mol. The smallest absolute Gasteiger partial charge is 0.312 e. The summed E-state index contributed by atoms with van der Waals surface area (Å²) in [6.07, 6.45) is 7.05. The number of carbonyl (C=O) groups excluding carboxylic acids is 2. The maximum atomic E-state index is 14.3. The number of ketones is 1. The van der Waals surface area contributed by atoms with Crippen LogP contribution in [0.15, 0.2) is 11.6 Å². The van der Waals surface area contributed by atoms with Crippen molar-refractivity contribution in [3.8, 4) is 0 Å². The zero-order chi connectivity index (χ0) is 26.7. The number of carbonyl (C=O) groups is 2. The lowest BCUT2D eigenvalue weighted by Crippen LogP contribution is -2.68. The van der Waals surface area contributed by atoms with Crippen molar-refractivity contribution in [2.24, 2.45) is 50.2 Å². The molecule has 9 atom stereocenters. The van der Waals surface area contributed by atoms with Gasteiger partial charge in [-0.1, -0.05) is 54.0 Å². The lowest BCUT2D eigenvalue weighted by atomic mass is 9.33. The molecule has 2 N–H and O–H groups in total. The van der Waals surface area contributed by atoms with Gasteiger partial charge in [0.2, 0.25) is 0 Å². The van der Waals surface area contributed by atoms with E-state index in [4.69, 9.17) is 4.74 Å². The molecule has 0 aromatic carbocycles. The molecule has 0 aromatic heterocycles. The first kappa shape index (κ1) is 26.4. The molecule has 0 radical (unpaired) electrons. The summed E-state index contributed by atoms with van der Waals surface area (Å²) in [7, 11) is 1.51. The van der Waals surface area contributed by atoms with Crippen molar-refractivity contribution in [2.75, 3.05) is 7.11 Å². The van der Waals surface area contributed by atoms with Crippen molar-refractivity contribution in [1.29, 1.82) is 0 Å². The normalized spacial score (nSPS) is 51.1. The molecule has 4 fully saturated rings. The third-order valence-corrected chi connectivity index (χ3v) is 12.9. The molecule has 5 nitrogen and oxygen atoms in total. The average Bonchev–Trinajstić information content (AvgIpc) is 2.78. The van der Waals surface area contributed by atoms with E-state index >= 15 is 0 Å². The summed E-state index contributed by atoms with van der Waals surface area (Å²) in [6, 6.07) is 0. The highest BCUT2D eigenvalue weighted by Gasteiger charge is 2.72. The van der Waals surface area contributed by atoms with Gasteiger partial charge in [0.15, 0.2) is 5.78 Å². The summed E-state index contributed by atoms with van der Waals surface area (Å²) >= 11 is 0. The lowest BCUT2D eigenvalue weighted by Gasteiger charge is -2.70. The molecule has 36 heavy (non-hydrogen) atoms. The monoisotopic (exact) mass is 500 g/mol. The van der Waals surface area contributed by atoms with Crippen molar-refractivity contribution >= 4 is 11.8 Å². The Morgan fingerprint density at radius 3 is 2.22 bits per heavy atom.